The van der Waals surface area contributed by atoms with Gasteiger partial charge in [-0.05, 0) is 31.9 Å². The molecule has 0 aliphatic carbocycles. The molecule has 1 rings (SSSR count). The van der Waals surface area contributed by atoms with Gasteiger partial charge in [-0.25, -0.2) is 0 Å². The van der Waals surface area contributed by atoms with Gasteiger partial charge in [0.2, 0.25) is 0 Å². The number of anilines is 1. The zero-order valence-electron chi connectivity index (χ0n) is 9.92. The third-order valence-electron chi connectivity index (χ3n) is 2.27. The molecule has 2 nitrogen and oxygen atoms in total. The van der Waals surface area contributed by atoms with E-state index in [1.54, 1.807) is 0 Å². The molecule has 1 N–H and O–H groups in total. The van der Waals surface area contributed by atoms with Gasteiger partial charge in [0.1, 0.15) is 0 Å². The van der Waals surface area contributed by atoms with E-state index in [-0.39, 0.29) is 0 Å². The first-order valence-electron chi connectivity index (χ1n) is 5.67. The van der Waals surface area contributed by atoms with Crippen LogP contribution in [0, 0.1) is 0 Å². The van der Waals surface area contributed by atoms with Gasteiger partial charge in [0.25, 0.3) is 0 Å². The Morgan fingerprint density at radius 1 is 1.27 bits per heavy atom. The Morgan fingerprint density at radius 2 is 2.00 bits per heavy atom. The van der Waals surface area contributed by atoms with Gasteiger partial charge < -0.3 is 10.1 Å². The fraction of sp³-hybridized carbons (Fsp3) is 0.538. The van der Waals surface area contributed by atoms with E-state index in [2.05, 4.69) is 50.4 Å². The first-order chi connectivity index (χ1) is 7.24. The van der Waals surface area contributed by atoms with Crippen molar-refractivity contribution in [2.45, 2.75) is 33.3 Å². The monoisotopic (exact) mass is 207 g/mol. The van der Waals surface area contributed by atoms with Gasteiger partial charge in [-0.1, -0.05) is 25.1 Å². The molecule has 15 heavy (non-hydrogen) atoms. The molecule has 0 fully saturated rings. The minimum atomic E-state index is 0.313. The van der Waals surface area contributed by atoms with Crippen molar-refractivity contribution >= 4 is 5.69 Å². The Balaban J connectivity index is 2.36. The molecule has 0 aliphatic rings. The van der Waals surface area contributed by atoms with Gasteiger partial charge in [0, 0.05) is 12.2 Å². The molecule has 0 heterocycles. The van der Waals surface area contributed by atoms with Gasteiger partial charge >= 0.3 is 0 Å². The molecule has 1 aromatic rings. The highest BCUT2D eigenvalue weighted by molar-refractivity contribution is 5.50. The highest BCUT2D eigenvalue weighted by Gasteiger charge is 1.98. The molecule has 84 valence electrons. The third kappa shape index (κ3) is 4.34. The van der Waals surface area contributed by atoms with Crippen LogP contribution in [-0.4, -0.2) is 19.3 Å². The molecule has 0 bridgehead atoms. The number of para-hydroxylation sites is 1. The van der Waals surface area contributed by atoms with E-state index in [0.29, 0.717) is 6.10 Å². The summed E-state index contributed by atoms with van der Waals surface area (Å²) in [4.78, 5) is 0. The second-order valence-corrected chi connectivity index (χ2v) is 3.86. The molecule has 0 atom stereocenters. The number of ether oxygens (including phenoxy) is 1. The summed E-state index contributed by atoms with van der Waals surface area (Å²) < 4.78 is 5.47. The molecule has 0 aliphatic heterocycles. The lowest BCUT2D eigenvalue weighted by Crippen LogP contribution is -2.13. The van der Waals surface area contributed by atoms with Crippen LogP contribution in [0.25, 0.3) is 0 Å². The van der Waals surface area contributed by atoms with Crippen molar-refractivity contribution in [2.75, 3.05) is 18.5 Å². The summed E-state index contributed by atoms with van der Waals surface area (Å²) in [5, 5.41) is 3.39. The summed E-state index contributed by atoms with van der Waals surface area (Å²) in [6, 6.07) is 8.42. The van der Waals surface area contributed by atoms with Crippen LogP contribution < -0.4 is 5.32 Å². The molecule has 0 saturated heterocycles. The fourth-order valence-electron chi connectivity index (χ4n) is 1.48. The van der Waals surface area contributed by atoms with Gasteiger partial charge in [-0.3, -0.25) is 0 Å². The Hall–Kier alpha value is -1.02. The third-order valence-corrected chi connectivity index (χ3v) is 2.27. The molecule has 2 heteroatoms. The molecule has 0 unspecified atom stereocenters. The first kappa shape index (κ1) is 12.1. The van der Waals surface area contributed by atoms with Crippen molar-refractivity contribution in [3.05, 3.63) is 29.8 Å². The maximum Gasteiger partial charge on any atom is 0.0642 e. The lowest BCUT2D eigenvalue weighted by molar-refractivity contribution is 0.0870. The van der Waals surface area contributed by atoms with Crippen LogP contribution in [0.15, 0.2) is 24.3 Å². The number of aryl methyl sites for hydroxylation is 1. The van der Waals surface area contributed by atoms with Gasteiger partial charge in [-0.15, -0.1) is 0 Å². The summed E-state index contributed by atoms with van der Waals surface area (Å²) >= 11 is 0. The molecular formula is C13H21NO. The smallest absolute Gasteiger partial charge is 0.0642 e. The average Bonchev–Trinajstić information content (AvgIpc) is 2.24. The van der Waals surface area contributed by atoms with E-state index < -0.39 is 0 Å². The zero-order valence-corrected chi connectivity index (χ0v) is 9.92. The molecule has 0 amide bonds. The maximum atomic E-state index is 5.47. The standard InChI is InChI=1S/C13H21NO/c1-4-12-7-5-6-8-13(12)14-9-10-15-11(2)3/h5-8,11,14H,4,9-10H2,1-3H3. The molecule has 1 aromatic carbocycles. The number of rotatable bonds is 6. The topological polar surface area (TPSA) is 21.3 Å². The molecular weight excluding hydrogens is 186 g/mol. The van der Waals surface area contributed by atoms with Gasteiger partial charge in [0.05, 0.1) is 12.7 Å². The van der Waals surface area contributed by atoms with Crippen LogP contribution in [0.5, 0.6) is 0 Å². The molecule has 0 aromatic heterocycles. The van der Waals surface area contributed by atoms with Crippen molar-refractivity contribution < 1.29 is 4.74 Å². The number of benzene rings is 1. The summed E-state index contributed by atoms with van der Waals surface area (Å²) in [5.74, 6) is 0. The largest absolute Gasteiger partial charge is 0.383 e. The lowest BCUT2D eigenvalue weighted by atomic mass is 10.1. The molecule has 0 spiro atoms. The first-order valence-corrected chi connectivity index (χ1v) is 5.67. The zero-order chi connectivity index (χ0) is 11.1. The minimum Gasteiger partial charge on any atom is -0.383 e. The Morgan fingerprint density at radius 3 is 2.67 bits per heavy atom. The average molecular weight is 207 g/mol. The second kappa shape index (κ2) is 6.46. The minimum absolute atomic E-state index is 0.313. The molecule has 0 radical (unpaired) electrons. The molecule has 0 saturated carbocycles. The fourth-order valence-corrected chi connectivity index (χ4v) is 1.48. The van der Waals surface area contributed by atoms with E-state index in [1.165, 1.54) is 11.3 Å². The lowest BCUT2D eigenvalue weighted by Gasteiger charge is -2.12. The number of nitrogens with one attached hydrogen (secondary N) is 1. The van der Waals surface area contributed by atoms with Crippen molar-refractivity contribution in [3.8, 4) is 0 Å². The van der Waals surface area contributed by atoms with E-state index in [0.717, 1.165) is 19.6 Å². The quantitative estimate of drug-likeness (QED) is 0.724. The van der Waals surface area contributed by atoms with Crippen LogP contribution in [0.4, 0.5) is 5.69 Å². The summed E-state index contributed by atoms with van der Waals surface area (Å²) in [5.41, 5.74) is 2.59. The summed E-state index contributed by atoms with van der Waals surface area (Å²) in [6.45, 7) is 7.91. The SMILES string of the molecule is CCc1ccccc1NCCOC(C)C. The van der Waals surface area contributed by atoms with Crippen LogP contribution in [0.1, 0.15) is 26.3 Å². The van der Waals surface area contributed by atoms with E-state index in [4.69, 9.17) is 4.74 Å². The van der Waals surface area contributed by atoms with E-state index >= 15 is 0 Å². The van der Waals surface area contributed by atoms with Crippen molar-refractivity contribution in [2.24, 2.45) is 0 Å². The Kier molecular flexibility index (Phi) is 5.19. The van der Waals surface area contributed by atoms with Crippen LogP contribution in [0.3, 0.4) is 0 Å². The Bertz CT molecular complexity index is 284. The van der Waals surface area contributed by atoms with E-state index in [1.807, 2.05) is 0 Å². The summed E-state index contributed by atoms with van der Waals surface area (Å²) in [7, 11) is 0. The van der Waals surface area contributed by atoms with Crippen LogP contribution >= 0.6 is 0 Å². The van der Waals surface area contributed by atoms with Gasteiger partial charge in [-0.2, -0.15) is 0 Å². The van der Waals surface area contributed by atoms with Crippen LogP contribution in [-0.2, 0) is 11.2 Å². The number of hydrogen-bond donors (Lipinski definition) is 1. The highest BCUT2D eigenvalue weighted by Crippen LogP contribution is 2.14. The highest BCUT2D eigenvalue weighted by atomic mass is 16.5. The maximum absolute atomic E-state index is 5.47. The normalized spacial score (nSPS) is 10.7. The van der Waals surface area contributed by atoms with E-state index in [9.17, 15) is 0 Å². The van der Waals surface area contributed by atoms with Crippen LogP contribution in [0.2, 0.25) is 0 Å². The second-order valence-electron chi connectivity index (χ2n) is 3.86. The predicted octanol–water partition coefficient (Wildman–Crippen LogP) is 3.09. The van der Waals surface area contributed by atoms with Crippen molar-refractivity contribution in [1.29, 1.82) is 0 Å². The van der Waals surface area contributed by atoms with Crippen molar-refractivity contribution in [1.82, 2.24) is 0 Å². The Labute approximate surface area is 92.6 Å². The van der Waals surface area contributed by atoms with Gasteiger partial charge in [0.15, 0.2) is 0 Å². The summed E-state index contributed by atoms with van der Waals surface area (Å²) in [6.07, 6.45) is 1.38. The predicted molar refractivity (Wildman–Crippen MR) is 65.4 cm³/mol. The number of hydrogen-bond acceptors (Lipinski definition) is 2. The van der Waals surface area contributed by atoms with Crippen molar-refractivity contribution in [3.63, 3.8) is 0 Å².